The third-order valence-corrected chi connectivity index (χ3v) is 4.47. The van der Waals surface area contributed by atoms with E-state index in [0.29, 0.717) is 29.2 Å². The molecule has 0 radical (unpaired) electrons. The lowest BCUT2D eigenvalue weighted by molar-refractivity contribution is -0.118. The largest absolute Gasteiger partial charge is 0.397 e. The number of rotatable bonds is 8. The first-order valence-electron chi connectivity index (χ1n) is 9.39. The maximum atomic E-state index is 13.4. The van der Waals surface area contributed by atoms with Crippen LogP contribution in [-0.2, 0) is 4.79 Å². The number of carbonyl (C=O) groups excluding carboxylic acids is 1. The van der Waals surface area contributed by atoms with E-state index in [9.17, 15) is 9.18 Å². The minimum Gasteiger partial charge on any atom is -0.397 e. The van der Waals surface area contributed by atoms with Crippen molar-refractivity contribution in [1.82, 2.24) is 0 Å². The molecular formula is C23H27FN4O. The normalized spacial score (nSPS) is 12.6. The molecule has 0 spiro atoms. The predicted octanol–water partition coefficient (Wildman–Crippen LogP) is 4.98. The molecule has 0 saturated carbocycles. The van der Waals surface area contributed by atoms with Crippen LogP contribution in [0.4, 0.5) is 21.5 Å². The SMILES string of the molecule is C/C=C(\C=C/C(C)C(=O)Nc1ccccc1N)CNc1ccc(F)cc1C(C)=N. The standard InChI is InChI=1S/C23H27FN4O/c1-4-17(14-27-21-12-11-18(24)13-19(21)16(3)25)10-9-15(2)23(29)28-22-8-6-5-7-20(22)26/h4-13,15,25,27H,14,26H2,1-3H3,(H,28,29)/b10-9-,17-4+,25-16?. The summed E-state index contributed by atoms with van der Waals surface area (Å²) in [5.74, 6) is -0.875. The first-order valence-corrected chi connectivity index (χ1v) is 9.39. The van der Waals surface area contributed by atoms with E-state index in [2.05, 4.69) is 10.6 Å². The van der Waals surface area contributed by atoms with Gasteiger partial charge in [-0.15, -0.1) is 0 Å². The van der Waals surface area contributed by atoms with Crippen LogP contribution in [0, 0.1) is 17.1 Å². The Labute approximate surface area is 171 Å². The third kappa shape index (κ3) is 6.31. The number of nitrogen functional groups attached to an aromatic ring is 1. The highest BCUT2D eigenvalue weighted by Crippen LogP contribution is 2.19. The van der Waals surface area contributed by atoms with Crippen LogP contribution >= 0.6 is 0 Å². The molecule has 2 rings (SSSR count). The molecule has 0 bridgehead atoms. The zero-order valence-electron chi connectivity index (χ0n) is 16.9. The zero-order chi connectivity index (χ0) is 21.4. The van der Waals surface area contributed by atoms with Gasteiger partial charge >= 0.3 is 0 Å². The molecule has 5 N–H and O–H groups in total. The van der Waals surface area contributed by atoms with Gasteiger partial charge in [0.15, 0.2) is 0 Å². The van der Waals surface area contributed by atoms with Crippen molar-refractivity contribution in [3.8, 4) is 0 Å². The van der Waals surface area contributed by atoms with E-state index in [1.165, 1.54) is 12.1 Å². The maximum absolute atomic E-state index is 13.4. The second-order valence-electron chi connectivity index (χ2n) is 6.76. The van der Waals surface area contributed by atoms with E-state index in [4.69, 9.17) is 11.1 Å². The van der Waals surface area contributed by atoms with Crippen LogP contribution < -0.4 is 16.4 Å². The van der Waals surface area contributed by atoms with Crippen LogP contribution in [0.5, 0.6) is 0 Å². The number of hydrogen-bond donors (Lipinski definition) is 4. The maximum Gasteiger partial charge on any atom is 0.231 e. The molecule has 1 atom stereocenters. The van der Waals surface area contributed by atoms with Crippen molar-refractivity contribution in [3.63, 3.8) is 0 Å². The van der Waals surface area contributed by atoms with E-state index in [1.807, 2.05) is 44.2 Å². The van der Waals surface area contributed by atoms with Gasteiger partial charge in [0.2, 0.25) is 5.91 Å². The van der Waals surface area contributed by atoms with Crippen LogP contribution in [0.15, 0.2) is 66.3 Å². The summed E-state index contributed by atoms with van der Waals surface area (Å²) in [5, 5.41) is 13.9. The molecule has 1 unspecified atom stereocenters. The van der Waals surface area contributed by atoms with Crippen molar-refractivity contribution in [3.05, 3.63) is 77.6 Å². The molecule has 6 heteroatoms. The molecule has 0 saturated heterocycles. The highest BCUT2D eigenvalue weighted by Gasteiger charge is 2.11. The van der Waals surface area contributed by atoms with Gasteiger partial charge in [0, 0.05) is 23.5 Å². The van der Waals surface area contributed by atoms with E-state index in [1.54, 1.807) is 25.1 Å². The summed E-state index contributed by atoms with van der Waals surface area (Å²) < 4.78 is 13.4. The number of nitrogens with one attached hydrogen (secondary N) is 3. The Morgan fingerprint density at radius 1 is 1.24 bits per heavy atom. The van der Waals surface area contributed by atoms with Crippen LogP contribution in [-0.4, -0.2) is 18.2 Å². The van der Waals surface area contributed by atoms with E-state index < -0.39 is 0 Å². The van der Waals surface area contributed by atoms with Crippen LogP contribution in [0.3, 0.4) is 0 Å². The second kappa shape index (κ2) is 10.2. The molecule has 0 fully saturated rings. The quantitative estimate of drug-likeness (QED) is 0.289. The number of amides is 1. The van der Waals surface area contributed by atoms with Gasteiger partial charge in [0.1, 0.15) is 5.82 Å². The van der Waals surface area contributed by atoms with Crippen LogP contribution in [0.25, 0.3) is 0 Å². The van der Waals surface area contributed by atoms with Crippen LogP contribution in [0.1, 0.15) is 26.3 Å². The Bertz CT molecular complexity index is 950. The lowest BCUT2D eigenvalue weighted by atomic mass is 10.1. The van der Waals surface area contributed by atoms with Gasteiger partial charge in [-0.1, -0.05) is 37.3 Å². The minimum atomic E-state index is -0.373. The molecule has 1 amide bonds. The lowest BCUT2D eigenvalue weighted by Gasteiger charge is -2.13. The summed E-state index contributed by atoms with van der Waals surface area (Å²) in [6.07, 6.45) is 5.63. The number of halogens is 1. The predicted molar refractivity (Wildman–Crippen MR) is 119 cm³/mol. The molecule has 0 aliphatic rings. The summed E-state index contributed by atoms with van der Waals surface area (Å²) in [7, 11) is 0. The number of hydrogen-bond acceptors (Lipinski definition) is 4. The smallest absolute Gasteiger partial charge is 0.231 e. The van der Waals surface area contributed by atoms with E-state index >= 15 is 0 Å². The monoisotopic (exact) mass is 394 g/mol. The zero-order valence-corrected chi connectivity index (χ0v) is 16.9. The fourth-order valence-electron chi connectivity index (χ4n) is 2.65. The second-order valence-corrected chi connectivity index (χ2v) is 6.76. The van der Waals surface area contributed by atoms with Crippen molar-refractivity contribution in [2.75, 3.05) is 22.9 Å². The average molecular weight is 394 g/mol. The van der Waals surface area contributed by atoms with Gasteiger partial charge in [0.05, 0.1) is 17.3 Å². The topological polar surface area (TPSA) is 91.0 Å². The van der Waals surface area contributed by atoms with Crippen molar-refractivity contribution in [2.45, 2.75) is 20.8 Å². The van der Waals surface area contributed by atoms with Gasteiger partial charge < -0.3 is 21.8 Å². The Kier molecular flexibility index (Phi) is 7.71. The summed E-state index contributed by atoms with van der Waals surface area (Å²) in [6.45, 7) is 5.82. The highest BCUT2D eigenvalue weighted by molar-refractivity contribution is 6.01. The highest BCUT2D eigenvalue weighted by atomic mass is 19.1. The molecule has 0 aromatic heterocycles. The van der Waals surface area contributed by atoms with Gasteiger partial charge in [-0.3, -0.25) is 4.79 Å². The number of nitrogens with two attached hydrogens (primary N) is 1. The van der Waals surface area contributed by atoms with Crippen molar-refractivity contribution >= 4 is 28.7 Å². The number of carbonyl (C=O) groups is 1. The molecule has 5 nitrogen and oxygen atoms in total. The molecule has 0 aliphatic carbocycles. The molecule has 29 heavy (non-hydrogen) atoms. The Balaban J connectivity index is 1.99. The van der Waals surface area contributed by atoms with E-state index in [0.717, 1.165) is 5.57 Å². The summed E-state index contributed by atoms with van der Waals surface area (Å²) in [6, 6.07) is 11.5. The number of benzene rings is 2. The molecule has 2 aromatic carbocycles. The minimum absolute atomic E-state index is 0.150. The number of allylic oxidation sites excluding steroid dienone is 1. The summed E-state index contributed by atoms with van der Waals surface area (Å²) >= 11 is 0. The van der Waals surface area contributed by atoms with Gasteiger partial charge in [0.25, 0.3) is 0 Å². The first-order chi connectivity index (χ1) is 13.8. The van der Waals surface area contributed by atoms with Gasteiger partial charge in [-0.25, -0.2) is 4.39 Å². The lowest BCUT2D eigenvalue weighted by Crippen LogP contribution is -2.19. The fraction of sp³-hybridized carbons (Fsp3) is 0.217. The molecule has 0 heterocycles. The van der Waals surface area contributed by atoms with Crippen LogP contribution in [0.2, 0.25) is 0 Å². The molecule has 0 aliphatic heterocycles. The summed E-state index contributed by atoms with van der Waals surface area (Å²) in [4.78, 5) is 12.4. The Hall–Kier alpha value is -3.41. The summed E-state index contributed by atoms with van der Waals surface area (Å²) in [5.41, 5.74) is 9.44. The molecular weight excluding hydrogens is 367 g/mol. The Morgan fingerprint density at radius 3 is 2.62 bits per heavy atom. The van der Waals surface area contributed by atoms with Gasteiger partial charge in [-0.05, 0) is 49.8 Å². The van der Waals surface area contributed by atoms with Crippen molar-refractivity contribution in [2.24, 2.45) is 5.92 Å². The van der Waals surface area contributed by atoms with Gasteiger partial charge in [-0.2, -0.15) is 0 Å². The molecule has 152 valence electrons. The van der Waals surface area contributed by atoms with Crippen molar-refractivity contribution < 1.29 is 9.18 Å². The van der Waals surface area contributed by atoms with E-state index in [-0.39, 0.29) is 23.4 Å². The fourth-order valence-corrected chi connectivity index (χ4v) is 2.65. The molecule has 2 aromatic rings. The van der Waals surface area contributed by atoms with Crippen molar-refractivity contribution in [1.29, 1.82) is 5.41 Å². The Morgan fingerprint density at radius 2 is 1.97 bits per heavy atom. The number of anilines is 3. The number of para-hydroxylation sites is 2. The average Bonchev–Trinajstić information content (AvgIpc) is 2.70. The first kappa shape index (κ1) is 21.9. The third-order valence-electron chi connectivity index (χ3n) is 4.47.